The standard InChI is InChI=1S/C15H20N2O/c1-10(2)7-13-9-16-17(15(13)18)14-6-5-11(3)12(4)8-14/h5-6,8-10,16H,7H2,1-4H3. The lowest BCUT2D eigenvalue weighted by Gasteiger charge is -2.05. The Balaban J connectivity index is 2.42. The molecule has 0 unspecified atom stereocenters. The zero-order valence-electron chi connectivity index (χ0n) is 11.4. The van der Waals surface area contributed by atoms with E-state index in [9.17, 15) is 4.79 Å². The number of benzene rings is 1. The van der Waals surface area contributed by atoms with E-state index in [2.05, 4.69) is 32.8 Å². The van der Waals surface area contributed by atoms with E-state index >= 15 is 0 Å². The molecule has 0 saturated heterocycles. The molecule has 18 heavy (non-hydrogen) atoms. The molecule has 1 aromatic carbocycles. The van der Waals surface area contributed by atoms with Gasteiger partial charge in [0, 0.05) is 11.8 Å². The normalized spacial score (nSPS) is 11.2. The molecule has 0 aliphatic heterocycles. The van der Waals surface area contributed by atoms with Crippen molar-refractivity contribution < 1.29 is 0 Å². The lowest BCUT2D eigenvalue weighted by molar-refractivity contribution is 0.644. The van der Waals surface area contributed by atoms with Crippen molar-refractivity contribution in [2.24, 2.45) is 5.92 Å². The smallest absolute Gasteiger partial charge is 0.274 e. The van der Waals surface area contributed by atoms with Crippen molar-refractivity contribution >= 4 is 0 Å². The van der Waals surface area contributed by atoms with Gasteiger partial charge in [0.25, 0.3) is 5.56 Å². The van der Waals surface area contributed by atoms with Crippen molar-refractivity contribution in [3.8, 4) is 5.69 Å². The molecule has 2 aromatic rings. The van der Waals surface area contributed by atoms with Crippen molar-refractivity contribution in [1.82, 2.24) is 9.78 Å². The molecule has 1 N–H and O–H groups in total. The highest BCUT2D eigenvalue weighted by Gasteiger charge is 2.09. The summed E-state index contributed by atoms with van der Waals surface area (Å²) in [6.45, 7) is 8.36. The Morgan fingerprint density at radius 1 is 1.22 bits per heavy atom. The zero-order valence-corrected chi connectivity index (χ0v) is 11.4. The number of aryl methyl sites for hydroxylation is 2. The molecular formula is C15H20N2O. The van der Waals surface area contributed by atoms with Crippen LogP contribution in [0.25, 0.3) is 5.69 Å². The minimum absolute atomic E-state index is 0.0620. The van der Waals surface area contributed by atoms with Crippen LogP contribution in [0.2, 0.25) is 0 Å². The summed E-state index contributed by atoms with van der Waals surface area (Å²) in [6, 6.07) is 6.05. The Labute approximate surface area is 107 Å². The van der Waals surface area contributed by atoms with Gasteiger partial charge in [0.15, 0.2) is 0 Å². The molecule has 3 nitrogen and oxygen atoms in total. The lowest BCUT2D eigenvalue weighted by Crippen LogP contribution is -2.18. The predicted molar refractivity (Wildman–Crippen MR) is 74.4 cm³/mol. The molecular weight excluding hydrogens is 224 g/mol. The molecule has 0 spiro atoms. The Morgan fingerprint density at radius 2 is 1.94 bits per heavy atom. The van der Waals surface area contributed by atoms with Gasteiger partial charge in [-0.3, -0.25) is 9.89 Å². The van der Waals surface area contributed by atoms with E-state index < -0.39 is 0 Å². The van der Waals surface area contributed by atoms with Crippen LogP contribution in [0.3, 0.4) is 0 Å². The summed E-state index contributed by atoms with van der Waals surface area (Å²) in [7, 11) is 0. The highest BCUT2D eigenvalue weighted by atomic mass is 16.1. The van der Waals surface area contributed by atoms with Crippen LogP contribution >= 0.6 is 0 Å². The van der Waals surface area contributed by atoms with Gasteiger partial charge in [-0.15, -0.1) is 0 Å². The third-order valence-corrected chi connectivity index (χ3v) is 3.22. The van der Waals surface area contributed by atoms with Crippen molar-refractivity contribution in [2.45, 2.75) is 34.1 Å². The zero-order chi connectivity index (χ0) is 13.3. The summed E-state index contributed by atoms with van der Waals surface area (Å²) < 4.78 is 1.62. The number of aromatic amines is 1. The van der Waals surface area contributed by atoms with Gasteiger partial charge in [-0.1, -0.05) is 19.9 Å². The van der Waals surface area contributed by atoms with Crippen LogP contribution in [0, 0.1) is 19.8 Å². The molecule has 0 fully saturated rings. The first-order valence-electron chi connectivity index (χ1n) is 6.36. The van der Waals surface area contributed by atoms with Crippen LogP contribution in [0.15, 0.2) is 29.2 Å². The monoisotopic (exact) mass is 244 g/mol. The average molecular weight is 244 g/mol. The van der Waals surface area contributed by atoms with Crippen molar-refractivity contribution in [2.75, 3.05) is 0 Å². The molecule has 0 atom stereocenters. The Morgan fingerprint density at radius 3 is 2.56 bits per heavy atom. The maximum Gasteiger partial charge on any atom is 0.274 e. The average Bonchev–Trinajstić information content (AvgIpc) is 2.64. The maximum atomic E-state index is 12.2. The number of hydrogen-bond donors (Lipinski definition) is 1. The Bertz CT molecular complexity index is 605. The van der Waals surface area contributed by atoms with Gasteiger partial charge in [-0.05, 0) is 49.4 Å². The largest absolute Gasteiger partial charge is 0.298 e. The second kappa shape index (κ2) is 4.84. The molecule has 0 radical (unpaired) electrons. The molecule has 3 heteroatoms. The van der Waals surface area contributed by atoms with E-state index in [0.29, 0.717) is 5.92 Å². The van der Waals surface area contributed by atoms with E-state index in [-0.39, 0.29) is 5.56 Å². The third kappa shape index (κ3) is 2.40. The quantitative estimate of drug-likeness (QED) is 0.885. The van der Waals surface area contributed by atoms with Crippen LogP contribution in [-0.2, 0) is 6.42 Å². The molecule has 1 heterocycles. The molecule has 1 aromatic heterocycles. The van der Waals surface area contributed by atoms with Gasteiger partial charge < -0.3 is 0 Å². The van der Waals surface area contributed by atoms with E-state index in [1.165, 1.54) is 11.1 Å². The van der Waals surface area contributed by atoms with Gasteiger partial charge in [0.05, 0.1) is 5.69 Å². The first kappa shape index (κ1) is 12.7. The molecule has 0 saturated carbocycles. The van der Waals surface area contributed by atoms with E-state index in [4.69, 9.17) is 0 Å². The third-order valence-electron chi connectivity index (χ3n) is 3.22. The molecule has 0 aliphatic rings. The van der Waals surface area contributed by atoms with Crippen LogP contribution in [0.5, 0.6) is 0 Å². The highest BCUT2D eigenvalue weighted by molar-refractivity contribution is 5.39. The SMILES string of the molecule is Cc1ccc(-n2[nH]cc(CC(C)C)c2=O)cc1C. The molecule has 96 valence electrons. The predicted octanol–water partition coefficient (Wildman–Crippen LogP) is 2.98. The number of aromatic nitrogens is 2. The summed E-state index contributed by atoms with van der Waals surface area (Å²) in [4.78, 5) is 12.2. The Hall–Kier alpha value is -1.77. The van der Waals surface area contributed by atoms with Crippen LogP contribution < -0.4 is 5.56 Å². The summed E-state index contributed by atoms with van der Waals surface area (Å²) in [6.07, 6.45) is 2.63. The fourth-order valence-corrected chi connectivity index (χ4v) is 2.05. The number of hydrogen-bond acceptors (Lipinski definition) is 1. The molecule has 0 aliphatic carbocycles. The van der Waals surface area contributed by atoms with E-state index in [1.54, 1.807) is 4.68 Å². The van der Waals surface area contributed by atoms with Crippen molar-refractivity contribution in [3.05, 3.63) is 51.4 Å². The number of rotatable bonds is 3. The summed E-state index contributed by atoms with van der Waals surface area (Å²) in [5.41, 5.74) is 4.24. The van der Waals surface area contributed by atoms with Crippen molar-refractivity contribution in [1.29, 1.82) is 0 Å². The molecule has 0 amide bonds. The lowest BCUT2D eigenvalue weighted by atomic mass is 10.1. The van der Waals surface area contributed by atoms with Crippen LogP contribution in [-0.4, -0.2) is 9.78 Å². The van der Waals surface area contributed by atoms with Gasteiger partial charge in [-0.25, -0.2) is 4.68 Å². The van der Waals surface area contributed by atoms with Gasteiger partial charge in [-0.2, -0.15) is 0 Å². The number of nitrogens with one attached hydrogen (secondary N) is 1. The first-order valence-corrected chi connectivity index (χ1v) is 6.36. The minimum Gasteiger partial charge on any atom is -0.298 e. The van der Waals surface area contributed by atoms with Gasteiger partial charge >= 0.3 is 0 Å². The fraction of sp³-hybridized carbons (Fsp3) is 0.400. The summed E-state index contributed by atoms with van der Waals surface area (Å²) in [5, 5.41) is 3.05. The summed E-state index contributed by atoms with van der Waals surface area (Å²) >= 11 is 0. The second-order valence-corrected chi connectivity index (χ2v) is 5.31. The van der Waals surface area contributed by atoms with Gasteiger partial charge in [0.2, 0.25) is 0 Å². The summed E-state index contributed by atoms with van der Waals surface area (Å²) in [5.74, 6) is 0.488. The number of H-pyrrole nitrogens is 1. The minimum atomic E-state index is 0.0620. The number of nitrogens with zero attached hydrogens (tertiary/aromatic N) is 1. The first-order chi connectivity index (χ1) is 8.49. The van der Waals surface area contributed by atoms with Crippen LogP contribution in [0.1, 0.15) is 30.5 Å². The van der Waals surface area contributed by atoms with E-state index in [1.807, 2.05) is 24.4 Å². The van der Waals surface area contributed by atoms with Crippen LogP contribution in [0.4, 0.5) is 0 Å². The fourth-order valence-electron chi connectivity index (χ4n) is 2.05. The Kier molecular flexibility index (Phi) is 3.41. The van der Waals surface area contributed by atoms with Gasteiger partial charge in [0.1, 0.15) is 0 Å². The second-order valence-electron chi connectivity index (χ2n) is 5.31. The van der Waals surface area contributed by atoms with Crippen molar-refractivity contribution in [3.63, 3.8) is 0 Å². The maximum absolute atomic E-state index is 12.2. The molecule has 2 rings (SSSR count). The topological polar surface area (TPSA) is 37.8 Å². The molecule has 0 bridgehead atoms. The van der Waals surface area contributed by atoms with E-state index in [0.717, 1.165) is 17.7 Å². The highest BCUT2D eigenvalue weighted by Crippen LogP contribution is 2.12.